The summed E-state index contributed by atoms with van der Waals surface area (Å²) in [5, 5.41) is 6.96. The van der Waals surface area contributed by atoms with Gasteiger partial charge in [-0.2, -0.15) is 4.98 Å². The standard InChI is InChI=1S/C17H17N3O3S/c1-24(21,22)12-15-10-6-5-9-14(15)11-18-17-19-16(23-20-17)13-7-3-2-4-8-13/h2-10H,11-12H2,1H3,(H,18,20). The van der Waals surface area contributed by atoms with Crippen molar-refractivity contribution in [3.05, 3.63) is 65.7 Å². The smallest absolute Gasteiger partial charge is 0.264 e. The molecule has 0 saturated carbocycles. The van der Waals surface area contributed by atoms with Crippen LogP contribution in [0, 0.1) is 0 Å². The minimum absolute atomic E-state index is 0.00631. The summed E-state index contributed by atoms with van der Waals surface area (Å²) in [5.41, 5.74) is 2.49. The molecule has 1 aromatic heterocycles. The topological polar surface area (TPSA) is 85.1 Å². The molecular weight excluding hydrogens is 326 g/mol. The molecule has 0 aliphatic heterocycles. The third kappa shape index (κ3) is 4.20. The van der Waals surface area contributed by atoms with E-state index in [-0.39, 0.29) is 5.75 Å². The fourth-order valence-corrected chi connectivity index (χ4v) is 3.17. The molecule has 1 N–H and O–H groups in total. The maximum atomic E-state index is 11.5. The zero-order valence-electron chi connectivity index (χ0n) is 13.1. The van der Waals surface area contributed by atoms with Crippen molar-refractivity contribution in [3.63, 3.8) is 0 Å². The zero-order valence-corrected chi connectivity index (χ0v) is 14.0. The lowest BCUT2D eigenvalue weighted by Gasteiger charge is -2.08. The van der Waals surface area contributed by atoms with E-state index in [9.17, 15) is 8.42 Å². The van der Waals surface area contributed by atoms with Gasteiger partial charge in [0, 0.05) is 18.4 Å². The molecule has 0 aliphatic carbocycles. The molecule has 0 atom stereocenters. The van der Waals surface area contributed by atoms with Gasteiger partial charge in [-0.3, -0.25) is 0 Å². The van der Waals surface area contributed by atoms with Gasteiger partial charge in [0.1, 0.15) is 0 Å². The van der Waals surface area contributed by atoms with Crippen molar-refractivity contribution in [1.82, 2.24) is 10.1 Å². The summed E-state index contributed by atoms with van der Waals surface area (Å²) < 4.78 is 28.3. The van der Waals surface area contributed by atoms with E-state index in [2.05, 4.69) is 15.5 Å². The highest BCUT2D eigenvalue weighted by Crippen LogP contribution is 2.19. The van der Waals surface area contributed by atoms with Gasteiger partial charge in [-0.05, 0) is 28.4 Å². The average Bonchev–Trinajstić information content (AvgIpc) is 3.02. The van der Waals surface area contributed by atoms with Crippen LogP contribution in [0.3, 0.4) is 0 Å². The lowest BCUT2D eigenvalue weighted by molar-refractivity contribution is 0.432. The lowest BCUT2D eigenvalue weighted by Crippen LogP contribution is -2.07. The molecule has 7 heteroatoms. The van der Waals surface area contributed by atoms with E-state index in [4.69, 9.17) is 4.52 Å². The van der Waals surface area contributed by atoms with Crippen LogP contribution < -0.4 is 5.32 Å². The minimum Gasteiger partial charge on any atom is -0.347 e. The van der Waals surface area contributed by atoms with Crippen LogP contribution in [0.5, 0.6) is 0 Å². The molecule has 2 aromatic carbocycles. The van der Waals surface area contributed by atoms with Crippen LogP contribution >= 0.6 is 0 Å². The summed E-state index contributed by atoms with van der Waals surface area (Å²) >= 11 is 0. The third-order valence-corrected chi connectivity index (χ3v) is 4.26. The van der Waals surface area contributed by atoms with E-state index in [0.29, 0.717) is 18.4 Å². The van der Waals surface area contributed by atoms with Crippen LogP contribution in [0.2, 0.25) is 0 Å². The summed E-state index contributed by atoms with van der Waals surface area (Å²) in [4.78, 5) is 4.29. The van der Waals surface area contributed by atoms with Gasteiger partial charge in [0.2, 0.25) is 0 Å². The first-order valence-electron chi connectivity index (χ1n) is 7.39. The van der Waals surface area contributed by atoms with E-state index in [1.807, 2.05) is 54.6 Å². The molecular formula is C17H17N3O3S. The predicted molar refractivity (Wildman–Crippen MR) is 92.1 cm³/mol. The molecule has 0 spiro atoms. The van der Waals surface area contributed by atoms with Gasteiger partial charge >= 0.3 is 0 Å². The highest BCUT2D eigenvalue weighted by atomic mass is 32.2. The molecule has 1 heterocycles. The Morgan fingerprint density at radius 3 is 2.38 bits per heavy atom. The fraction of sp³-hybridized carbons (Fsp3) is 0.176. The van der Waals surface area contributed by atoms with Crippen molar-refractivity contribution in [2.45, 2.75) is 12.3 Å². The number of anilines is 1. The minimum atomic E-state index is -3.09. The first-order valence-corrected chi connectivity index (χ1v) is 9.45. The van der Waals surface area contributed by atoms with Gasteiger partial charge in [0.15, 0.2) is 9.84 Å². The Kier molecular flexibility index (Phi) is 4.61. The number of sulfone groups is 1. The summed E-state index contributed by atoms with van der Waals surface area (Å²) in [5.74, 6) is 0.803. The SMILES string of the molecule is CS(=O)(=O)Cc1ccccc1CNc1noc(-c2ccccc2)n1. The van der Waals surface area contributed by atoms with Gasteiger partial charge in [-0.25, -0.2) is 8.42 Å². The Hall–Kier alpha value is -2.67. The van der Waals surface area contributed by atoms with Crippen molar-refractivity contribution in [2.75, 3.05) is 11.6 Å². The van der Waals surface area contributed by atoms with Crippen LogP contribution in [-0.4, -0.2) is 24.8 Å². The number of hydrogen-bond donors (Lipinski definition) is 1. The molecule has 3 aromatic rings. The Bertz CT molecular complexity index is 921. The number of benzene rings is 2. The monoisotopic (exact) mass is 343 g/mol. The molecule has 6 nitrogen and oxygen atoms in total. The van der Waals surface area contributed by atoms with Gasteiger partial charge < -0.3 is 9.84 Å². The van der Waals surface area contributed by atoms with Crippen molar-refractivity contribution in [2.24, 2.45) is 0 Å². The second-order valence-electron chi connectivity index (χ2n) is 5.48. The van der Waals surface area contributed by atoms with Crippen LogP contribution in [0.25, 0.3) is 11.5 Å². The zero-order chi connectivity index (χ0) is 17.0. The van der Waals surface area contributed by atoms with Crippen LogP contribution in [0.15, 0.2) is 59.1 Å². The first-order chi connectivity index (χ1) is 11.5. The number of nitrogens with one attached hydrogen (secondary N) is 1. The summed E-state index contributed by atoms with van der Waals surface area (Å²) in [6, 6.07) is 16.9. The summed E-state index contributed by atoms with van der Waals surface area (Å²) in [6.07, 6.45) is 1.22. The van der Waals surface area contributed by atoms with E-state index in [1.165, 1.54) is 6.26 Å². The van der Waals surface area contributed by atoms with Crippen molar-refractivity contribution in [1.29, 1.82) is 0 Å². The highest BCUT2D eigenvalue weighted by Gasteiger charge is 2.11. The summed E-state index contributed by atoms with van der Waals surface area (Å²) in [6.45, 7) is 0.416. The molecule has 24 heavy (non-hydrogen) atoms. The van der Waals surface area contributed by atoms with Crippen LogP contribution in [0.4, 0.5) is 5.95 Å². The second-order valence-corrected chi connectivity index (χ2v) is 7.62. The fourth-order valence-electron chi connectivity index (χ4n) is 2.32. The molecule has 0 radical (unpaired) electrons. The number of nitrogens with zero attached hydrogens (tertiary/aromatic N) is 2. The number of hydrogen-bond acceptors (Lipinski definition) is 6. The Balaban J connectivity index is 1.72. The normalized spacial score (nSPS) is 11.4. The van der Waals surface area contributed by atoms with Crippen LogP contribution in [-0.2, 0) is 22.1 Å². The largest absolute Gasteiger partial charge is 0.347 e. The summed E-state index contributed by atoms with van der Waals surface area (Å²) in [7, 11) is -3.09. The molecule has 0 aliphatic rings. The van der Waals surface area contributed by atoms with Crippen molar-refractivity contribution < 1.29 is 12.9 Å². The Morgan fingerprint density at radius 1 is 1.00 bits per heavy atom. The highest BCUT2D eigenvalue weighted by molar-refractivity contribution is 7.89. The molecule has 3 rings (SSSR count). The molecule has 0 bridgehead atoms. The maximum Gasteiger partial charge on any atom is 0.264 e. The maximum absolute atomic E-state index is 11.5. The Morgan fingerprint density at radius 2 is 1.67 bits per heavy atom. The van der Waals surface area contributed by atoms with Crippen molar-refractivity contribution in [3.8, 4) is 11.5 Å². The van der Waals surface area contributed by atoms with E-state index in [1.54, 1.807) is 0 Å². The van der Waals surface area contributed by atoms with E-state index >= 15 is 0 Å². The van der Waals surface area contributed by atoms with Gasteiger partial charge in [0.25, 0.3) is 11.8 Å². The predicted octanol–water partition coefficient (Wildman–Crippen LogP) is 2.89. The third-order valence-electron chi connectivity index (χ3n) is 3.42. The van der Waals surface area contributed by atoms with E-state index < -0.39 is 9.84 Å². The quantitative estimate of drug-likeness (QED) is 0.741. The number of rotatable bonds is 6. The molecule has 0 fully saturated rings. The molecule has 124 valence electrons. The lowest BCUT2D eigenvalue weighted by atomic mass is 10.1. The second kappa shape index (κ2) is 6.84. The molecule has 0 unspecified atom stereocenters. The van der Waals surface area contributed by atoms with E-state index in [0.717, 1.165) is 16.7 Å². The average molecular weight is 343 g/mol. The van der Waals surface area contributed by atoms with Gasteiger partial charge in [0.05, 0.1) is 5.75 Å². The first kappa shape index (κ1) is 16.2. The number of aromatic nitrogens is 2. The molecule has 0 saturated heterocycles. The van der Waals surface area contributed by atoms with Gasteiger partial charge in [-0.15, -0.1) is 0 Å². The van der Waals surface area contributed by atoms with Crippen LogP contribution in [0.1, 0.15) is 11.1 Å². The van der Waals surface area contributed by atoms with Crippen molar-refractivity contribution >= 4 is 15.8 Å². The molecule has 0 amide bonds. The van der Waals surface area contributed by atoms with Gasteiger partial charge in [-0.1, -0.05) is 42.5 Å². The Labute approximate surface area is 140 Å².